The van der Waals surface area contributed by atoms with Gasteiger partial charge < -0.3 is 4.57 Å². The minimum absolute atomic E-state index is 0. The van der Waals surface area contributed by atoms with Crippen LogP contribution in [0.1, 0.15) is 62.5 Å². The summed E-state index contributed by atoms with van der Waals surface area (Å²) in [6, 6.07) is 102. The first kappa shape index (κ1) is 57.1. The Labute approximate surface area is 551 Å². The minimum atomic E-state index is -0.0875. The molecular formula is C85H64BrN7. The van der Waals surface area contributed by atoms with Gasteiger partial charge in [0.25, 0.3) is 0 Å². The number of nitrogens with zero attached hydrogens (tertiary/aromatic N) is 7. The van der Waals surface area contributed by atoms with Gasteiger partial charge in [-0.3, -0.25) is 0 Å². The van der Waals surface area contributed by atoms with E-state index in [9.17, 15) is 0 Å². The van der Waals surface area contributed by atoms with E-state index >= 15 is 0 Å². The summed E-state index contributed by atoms with van der Waals surface area (Å²) in [6.07, 6.45) is 1.07. The van der Waals surface area contributed by atoms with Crippen molar-refractivity contribution in [2.45, 2.75) is 44.9 Å². The number of rotatable bonds is 7. The van der Waals surface area contributed by atoms with Crippen LogP contribution in [0.4, 0.5) is 0 Å². The average molecular weight is 1260 g/mol. The third-order valence-corrected chi connectivity index (χ3v) is 19.2. The number of hydrogen-bond acceptors (Lipinski definition) is 6. The number of aromatic nitrogens is 7. The van der Waals surface area contributed by atoms with E-state index in [4.69, 9.17) is 24.9 Å². The molecule has 0 atom stereocenters. The molecule has 0 aliphatic heterocycles. The van der Waals surface area contributed by atoms with Gasteiger partial charge in [0.15, 0.2) is 34.9 Å². The lowest BCUT2D eigenvalue weighted by Gasteiger charge is -2.22. The zero-order valence-corrected chi connectivity index (χ0v) is 53.5. The highest BCUT2D eigenvalue weighted by Gasteiger charge is 2.38. The summed E-state index contributed by atoms with van der Waals surface area (Å²) in [7, 11) is 0. The van der Waals surface area contributed by atoms with Crippen LogP contribution in [0.5, 0.6) is 0 Å². The molecule has 12 aromatic carbocycles. The standard InChI is InChI=1S/C42H30N4.C22H18.C21H14BrN3.H2/c1-42(2)35-22-11-9-20-31(35)33-25-34-32-21-10-12-23-37(32)46(38(34)26-36(33)42)30-19-13-18-29(24-30)41-44-39(27-14-5-3-6-15-27)43-40(45-41)28-16-7-4-8-17-28;1-22(2)20-10-6-5-9-17(20)19-13-18-15(12-21(19)22)11-14-7-3-4-8-16(14)18;22-18-13-7-12-17(14-18)21-24-19(15-8-3-1-4-9-15)23-20(25-21)16-10-5-2-6-11-16;/h3-26H,1-2H3;3-10,12-13H,11H2,1-2H3;1-14H;1H. The van der Waals surface area contributed by atoms with Crippen LogP contribution in [0.15, 0.2) is 296 Å². The predicted molar refractivity (Wildman–Crippen MR) is 386 cm³/mol. The van der Waals surface area contributed by atoms with E-state index in [1.165, 1.54) is 88.6 Å². The average Bonchev–Trinajstić information content (AvgIpc) is 1.56. The maximum absolute atomic E-state index is 5.00. The van der Waals surface area contributed by atoms with Crippen molar-refractivity contribution < 1.29 is 1.43 Å². The van der Waals surface area contributed by atoms with Crippen LogP contribution in [-0.2, 0) is 17.3 Å². The maximum Gasteiger partial charge on any atom is 0.164 e. The van der Waals surface area contributed by atoms with Gasteiger partial charge in [-0.1, -0.05) is 286 Å². The van der Waals surface area contributed by atoms with Crippen molar-refractivity contribution in [1.29, 1.82) is 0 Å². The lowest BCUT2D eigenvalue weighted by molar-refractivity contribution is 0.659. The van der Waals surface area contributed by atoms with Gasteiger partial charge in [0.2, 0.25) is 0 Å². The fourth-order valence-electron chi connectivity index (χ4n) is 14.1. The SMILES string of the molecule is Brc1cccc(-c2nc(-c3ccccc3)nc(-c3ccccc3)n2)c1.CC1(C)c2ccccc2-c2cc3c(cc21)Cc1ccccc1-3.CC1(C)c2ccccc2-c2cc3c4ccccc4n(-c4cccc(-c5nc(-c6ccccc6)nc(-c6ccccc6)n5)c4)c3cc21.[HH]. The molecule has 3 heterocycles. The lowest BCUT2D eigenvalue weighted by Crippen LogP contribution is -2.15. The molecule has 7 nitrogen and oxygen atoms in total. The molecular weight excluding hydrogens is 1200 g/mol. The quantitative estimate of drug-likeness (QED) is 0.158. The smallest absolute Gasteiger partial charge is 0.164 e. The molecule has 0 amide bonds. The van der Waals surface area contributed by atoms with Gasteiger partial charge in [-0.05, 0) is 122 Å². The monoisotopic (exact) mass is 1260 g/mol. The summed E-state index contributed by atoms with van der Waals surface area (Å²) in [5, 5.41) is 2.50. The third-order valence-electron chi connectivity index (χ3n) is 18.7. The first-order chi connectivity index (χ1) is 45.5. The molecule has 0 unspecified atom stereocenters. The molecule has 0 bridgehead atoms. The van der Waals surface area contributed by atoms with Crippen molar-refractivity contribution in [3.8, 4) is 107 Å². The fraction of sp³-hybridized carbons (Fsp3) is 0.0824. The Bertz CT molecular complexity index is 5260. The third kappa shape index (κ3) is 10.3. The van der Waals surface area contributed by atoms with E-state index in [-0.39, 0.29) is 12.3 Å². The van der Waals surface area contributed by atoms with Gasteiger partial charge in [-0.2, -0.15) is 0 Å². The first-order valence-electron chi connectivity index (χ1n) is 31.7. The molecule has 0 spiro atoms. The highest BCUT2D eigenvalue weighted by atomic mass is 79.9. The number of fused-ring (bicyclic) bond motifs is 12. The number of para-hydroxylation sites is 1. The Balaban J connectivity index is 0.000000128. The fourth-order valence-corrected chi connectivity index (χ4v) is 14.5. The normalized spacial score (nSPS) is 13.1. The van der Waals surface area contributed by atoms with Gasteiger partial charge in [0, 0.05) is 66.6 Å². The van der Waals surface area contributed by atoms with E-state index in [1.54, 1.807) is 0 Å². The molecule has 0 saturated carbocycles. The highest BCUT2D eigenvalue weighted by molar-refractivity contribution is 9.10. The van der Waals surface area contributed by atoms with Gasteiger partial charge in [0.05, 0.1) is 11.0 Å². The van der Waals surface area contributed by atoms with Crippen molar-refractivity contribution in [3.05, 3.63) is 329 Å². The second-order valence-corrected chi connectivity index (χ2v) is 26.1. The highest BCUT2D eigenvalue weighted by Crippen LogP contribution is 2.53. The molecule has 93 heavy (non-hydrogen) atoms. The van der Waals surface area contributed by atoms with Gasteiger partial charge >= 0.3 is 0 Å². The summed E-state index contributed by atoms with van der Waals surface area (Å²) < 4.78 is 3.39. The predicted octanol–water partition coefficient (Wildman–Crippen LogP) is 21.7. The minimum Gasteiger partial charge on any atom is -0.309 e. The van der Waals surface area contributed by atoms with Crippen molar-refractivity contribution in [3.63, 3.8) is 0 Å². The molecule has 3 aliphatic carbocycles. The molecule has 0 saturated heterocycles. The Morgan fingerprint density at radius 1 is 0.290 bits per heavy atom. The Morgan fingerprint density at radius 2 is 0.699 bits per heavy atom. The summed E-state index contributed by atoms with van der Waals surface area (Å²) in [5.41, 5.74) is 26.2. The Hall–Kier alpha value is -11.1. The molecule has 0 radical (unpaired) electrons. The molecule has 15 aromatic rings. The van der Waals surface area contributed by atoms with Crippen LogP contribution >= 0.6 is 15.9 Å². The van der Waals surface area contributed by atoms with E-state index in [0.29, 0.717) is 34.9 Å². The lowest BCUT2D eigenvalue weighted by atomic mass is 9.81. The van der Waals surface area contributed by atoms with Crippen molar-refractivity contribution in [2.24, 2.45) is 0 Å². The van der Waals surface area contributed by atoms with Crippen LogP contribution in [0.3, 0.4) is 0 Å². The van der Waals surface area contributed by atoms with Crippen LogP contribution in [0, 0.1) is 0 Å². The van der Waals surface area contributed by atoms with Gasteiger partial charge in [-0.15, -0.1) is 0 Å². The second-order valence-electron chi connectivity index (χ2n) is 25.1. The number of benzene rings is 12. The molecule has 3 aromatic heterocycles. The molecule has 0 fully saturated rings. The number of halogens is 1. The van der Waals surface area contributed by atoms with E-state index in [1.807, 2.05) is 146 Å². The first-order valence-corrected chi connectivity index (χ1v) is 32.4. The zero-order chi connectivity index (χ0) is 62.8. The zero-order valence-electron chi connectivity index (χ0n) is 51.9. The van der Waals surface area contributed by atoms with E-state index in [0.717, 1.165) is 50.0 Å². The topological polar surface area (TPSA) is 82.3 Å². The van der Waals surface area contributed by atoms with Gasteiger partial charge in [-0.25, -0.2) is 29.9 Å². The summed E-state index contributed by atoms with van der Waals surface area (Å²) >= 11 is 3.52. The van der Waals surface area contributed by atoms with Crippen molar-refractivity contribution in [2.75, 3.05) is 0 Å². The number of hydrogen-bond donors (Lipinski definition) is 0. The Morgan fingerprint density at radius 3 is 1.23 bits per heavy atom. The molecule has 8 heteroatoms. The van der Waals surface area contributed by atoms with Gasteiger partial charge in [0.1, 0.15) is 0 Å². The summed E-state index contributed by atoms with van der Waals surface area (Å²) in [5.74, 6) is 3.96. The maximum atomic E-state index is 5.00. The van der Waals surface area contributed by atoms with Crippen LogP contribution in [0.25, 0.3) is 129 Å². The molecule has 18 rings (SSSR count). The van der Waals surface area contributed by atoms with Crippen LogP contribution < -0.4 is 0 Å². The largest absolute Gasteiger partial charge is 0.309 e. The van der Waals surface area contributed by atoms with Crippen LogP contribution in [0.2, 0.25) is 0 Å². The van der Waals surface area contributed by atoms with Crippen molar-refractivity contribution >= 4 is 37.7 Å². The van der Waals surface area contributed by atoms with Crippen LogP contribution in [-0.4, -0.2) is 34.5 Å². The second kappa shape index (κ2) is 23.3. The van der Waals surface area contributed by atoms with Crippen molar-refractivity contribution in [1.82, 2.24) is 34.5 Å². The summed E-state index contributed by atoms with van der Waals surface area (Å²) in [4.78, 5) is 29.0. The van der Waals surface area contributed by atoms with E-state index in [2.05, 4.69) is 199 Å². The summed E-state index contributed by atoms with van der Waals surface area (Å²) in [6.45, 7) is 9.39. The molecule has 3 aliphatic rings. The van der Waals surface area contributed by atoms with E-state index < -0.39 is 0 Å². The Kier molecular flexibility index (Phi) is 14.3. The molecule has 0 N–H and O–H groups in total. The molecule has 446 valence electrons.